The van der Waals surface area contributed by atoms with E-state index in [2.05, 4.69) is 15.0 Å². The lowest BCUT2D eigenvalue weighted by Crippen LogP contribution is -2.19. The molecule has 2 heterocycles. The second kappa shape index (κ2) is 6.72. The molecule has 0 radical (unpaired) electrons. The maximum absolute atomic E-state index is 12.3. The van der Waals surface area contributed by atoms with Gasteiger partial charge in [-0.2, -0.15) is 13.2 Å². The summed E-state index contributed by atoms with van der Waals surface area (Å²) in [6.07, 6.45) is -2.91. The van der Waals surface area contributed by atoms with Gasteiger partial charge in [0.1, 0.15) is 5.75 Å². The van der Waals surface area contributed by atoms with Crippen LogP contribution in [0.3, 0.4) is 0 Å². The van der Waals surface area contributed by atoms with Crippen molar-refractivity contribution >= 4 is 22.8 Å². The maximum atomic E-state index is 12.3. The number of thioether (sulfide) groups is 1. The molecular weight excluding hydrogens is 339 g/mol. The molecule has 0 saturated heterocycles. The number of nitrogens with one attached hydrogen (secondary N) is 1. The molecule has 0 spiro atoms. The van der Waals surface area contributed by atoms with Gasteiger partial charge in [0.05, 0.1) is 16.7 Å². The van der Waals surface area contributed by atoms with E-state index in [0.29, 0.717) is 17.0 Å². The Morgan fingerprint density at radius 3 is 2.79 bits per heavy atom. The standard InChI is InChI=1S/C16H14F3N3OS.H/c1-10-13(20-7-6-14(10)23-9-16(17,18)19)8-24-15-21-11-4-2-3-5-12(11)22-15;/h2-7H,8-9H2,1H3,(H,21,22);/q;-1. The number of pyridine rings is 1. The smallest absolute Gasteiger partial charge is 0.422 e. The predicted octanol–water partition coefficient (Wildman–Crippen LogP) is 4.61. The molecule has 0 aliphatic heterocycles. The van der Waals surface area contributed by atoms with Gasteiger partial charge >= 0.3 is 6.18 Å². The van der Waals surface area contributed by atoms with E-state index in [1.165, 1.54) is 24.0 Å². The topological polar surface area (TPSA) is 50.8 Å². The molecule has 3 rings (SSSR count). The Labute approximate surface area is 141 Å². The van der Waals surface area contributed by atoms with Crippen molar-refractivity contribution in [2.45, 2.75) is 24.0 Å². The molecule has 24 heavy (non-hydrogen) atoms. The first-order valence-corrected chi connectivity index (χ1v) is 8.12. The number of benzene rings is 1. The van der Waals surface area contributed by atoms with Gasteiger partial charge in [0.15, 0.2) is 11.8 Å². The Kier molecular flexibility index (Phi) is 4.66. The van der Waals surface area contributed by atoms with Crippen molar-refractivity contribution in [2.24, 2.45) is 0 Å². The normalized spacial score (nSPS) is 11.8. The number of nitrogens with zero attached hydrogens (tertiary/aromatic N) is 2. The van der Waals surface area contributed by atoms with Crippen molar-refractivity contribution in [1.82, 2.24) is 15.0 Å². The third-order valence-corrected chi connectivity index (χ3v) is 4.25. The third-order valence-electron chi connectivity index (χ3n) is 3.36. The molecule has 0 fully saturated rings. The fourth-order valence-corrected chi connectivity index (χ4v) is 3.06. The highest BCUT2D eigenvalue weighted by molar-refractivity contribution is 7.98. The van der Waals surface area contributed by atoms with Crippen molar-refractivity contribution in [3.05, 3.63) is 47.8 Å². The summed E-state index contributed by atoms with van der Waals surface area (Å²) in [5, 5.41) is 0.735. The zero-order valence-corrected chi connectivity index (χ0v) is 13.5. The lowest BCUT2D eigenvalue weighted by Gasteiger charge is -2.13. The van der Waals surface area contributed by atoms with E-state index in [0.717, 1.165) is 16.2 Å². The van der Waals surface area contributed by atoms with Gasteiger partial charge in [-0.15, -0.1) is 0 Å². The van der Waals surface area contributed by atoms with Gasteiger partial charge in [-0.3, -0.25) is 4.98 Å². The molecular formula is C16H15F3N3OS-. The lowest BCUT2D eigenvalue weighted by molar-refractivity contribution is -0.153. The van der Waals surface area contributed by atoms with Crippen LogP contribution in [0.25, 0.3) is 11.0 Å². The molecule has 128 valence electrons. The van der Waals surface area contributed by atoms with Crippen LogP contribution in [0.4, 0.5) is 13.2 Å². The zero-order valence-electron chi connectivity index (χ0n) is 13.7. The average Bonchev–Trinajstić information content (AvgIpc) is 2.95. The van der Waals surface area contributed by atoms with Crippen LogP contribution in [-0.2, 0) is 5.75 Å². The number of fused-ring (bicyclic) bond motifs is 1. The van der Waals surface area contributed by atoms with Crippen LogP contribution in [0, 0.1) is 6.92 Å². The van der Waals surface area contributed by atoms with Gasteiger partial charge in [-0.25, -0.2) is 4.98 Å². The van der Waals surface area contributed by atoms with Crippen molar-refractivity contribution < 1.29 is 19.3 Å². The molecule has 1 N–H and O–H groups in total. The summed E-state index contributed by atoms with van der Waals surface area (Å²) in [4.78, 5) is 11.9. The molecule has 0 bridgehead atoms. The van der Waals surface area contributed by atoms with Crippen molar-refractivity contribution in [1.29, 1.82) is 0 Å². The van der Waals surface area contributed by atoms with E-state index in [-0.39, 0.29) is 7.18 Å². The van der Waals surface area contributed by atoms with Crippen LogP contribution in [-0.4, -0.2) is 27.7 Å². The van der Waals surface area contributed by atoms with Gasteiger partial charge in [-0.1, -0.05) is 23.9 Å². The first-order chi connectivity index (χ1) is 11.4. The Bertz CT molecular complexity index is 821. The fraction of sp³-hybridized carbons (Fsp3) is 0.250. The van der Waals surface area contributed by atoms with Gasteiger partial charge < -0.3 is 11.1 Å². The second-order valence-electron chi connectivity index (χ2n) is 5.13. The maximum Gasteiger partial charge on any atom is 0.422 e. The van der Waals surface area contributed by atoms with Crippen LogP contribution in [0.1, 0.15) is 12.7 Å². The number of aromatic nitrogens is 3. The summed E-state index contributed by atoms with van der Waals surface area (Å²) >= 11 is 1.44. The Morgan fingerprint density at radius 2 is 2.04 bits per heavy atom. The largest absolute Gasteiger partial charge is 1.00 e. The van der Waals surface area contributed by atoms with Crippen LogP contribution in [0.5, 0.6) is 5.75 Å². The Balaban J connectivity index is 0.00000225. The van der Waals surface area contributed by atoms with Crippen LogP contribution >= 0.6 is 11.8 Å². The van der Waals surface area contributed by atoms with Gasteiger partial charge in [0, 0.05) is 17.5 Å². The monoisotopic (exact) mass is 354 g/mol. The van der Waals surface area contributed by atoms with E-state index in [4.69, 9.17) is 4.74 Å². The molecule has 4 nitrogen and oxygen atoms in total. The molecule has 1 aromatic carbocycles. The summed E-state index contributed by atoms with van der Waals surface area (Å²) in [5.74, 6) is 0.678. The quantitative estimate of drug-likeness (QED) is 0.680. The van der Waals surface area contributed by atoms with Gasteiger partial charge in [-0.05, 0) is 25.1 Å². The lowest BCUT2D eigenvalue weighted by atomic mass is 10.2. The summed E-state index contributed by atoms with van der Waals surface area (Å²) in [6.45, 7) is 0.390. The van der Waals surface area contributed by atoms with E-state index in [9.17, 15) is 13.2 Å². The molecule has 0 aliphatic carbocycles. The molecule has 0 saturated carbocycles. The minimum atomic E-state index is -4.36. The average molecular weight is 354 g/mol. The molecule has 0 atom stereocenters. The van der Waals surface area contributed by atoms with Gasteiger partial charge in [0.2, 0.25) is 0 Å². The third kappa shape index (κ3) is 4.00. The highest BCUT2D eigenvalue weighted by Gasteiger charge is 2.28. The number of aromatic amines is 1. The van der Waals surface area contributed by atoms with E-state index < -0.39 is 12.8 Å². The van der Waals surface area contributed by atoms with Crippen molar-refractivity contribution in [2.75, 3.05) is 6.61 Å². The minimum Gasteiger partial charge on any atom is -1.00 e. The number of para-hydroxylation sites is 2. The minimum absolute atomic E-state index is 0. The summed E-state index contributed by atoms with van der Waals surface area (Å²) in [5.41, 5.74) is 3.07. The molecule has 0 aliphatic rings. The Hall–Kier alpha value is -2.22. The number of hydrogen-bond donors (Lipinski definition) is 1. The summed E-state index contributed by atoms with van der Waals surface area (Å²) in [7, 11) is 0. The predicted molar refractivity (Wildman–Crippen MR) is 87.3 cm³/mol. The van der Waals surface area contributed by atoms with E-state index in [1.54, 1.807) is 6.92 Å². The SMILES string of the molecule is Cc1c(OCC(F)(F)F)ccnc1CSc1nc2ccccc2[nH]1.[H-]. The number of alkyl halides is 3. The van der Waals surface area contributed by atoms with E-state index in [1.807, 2.05) is 24.3 Å². The highest BCUT2D eigenvalue weighted by Crippen LogP contribution is 2.28. The van der Waals surface area contributed by atoms with E-state index >= 15 is 0 Å². The number of rotatable bonds is 5. The molecule has 2 aromatic heterocycles. The summed E-state index contributed by atoms with van der Waals surface area (Å²) < 4.78 is 41.7. The van der Waals surface area contributed by atoms with Gasteiger partial charge in [0.25, 0.3) is 0 Å². The van der Waals surface area contributed by atoms with Crippen molar-refractivity contribution in [3.8, 4) is 5.75 Å². The molecule has 0 unspecified atom stereocenters. The first-order valence-electron chi connectivity index (χ1n) is 7.14. The van der Waals surface area contributed by atoms with Crippen LogP contribution < -0.4 is 4.74 Å². The summed E-state index contributed by atoms with van der Waals surface area (Å²) in [6, 6.07) is 9.11. The van der Waals surface area contributed by atoms with Crippen LogP contribution in [0.2, 0.25) is 0 Å². The number of H-pyrrole nitrogens is 1. The van der Waals surface area contributed by atoms with Crippen LogP contribution in [0.15, 0.2) is 41.7 Å². The van der Waals surface area contributed by atoms with Crippen molar-refractivity contribution in [3.63, 3.8) is 0 Å². The second-order valence-corrected chi connectivity index (χ2v) is 6.10. The Morgan fingerprint density at radius 1 is 1.25 bits per heavy atom. The number of hydrogen-bond acceptors (Lipinski definition) is 4. The highest BCUT2D eigenvalue weighted by atomic mass is 32.2. The fourth-order valence-electron chi connectivity index (χ4n) is 2.15. The molecule has 0 amide bonds. The molecule has 3 aromatic rings. The number of imidazole rings is 1. The number of halogens is 3. The number of ether oxygens (including phenoxy) is 1. The molecule has 8 heteroatoms. The first kappa shape index (κ1) is 16.6. The zero-order chi connectivity index (χ0) is 17.2.